The van der Waals surface area contributed by atoms with Crippen molar-refractivity contribution in [3.8, 4) is 17.2 Å². The molecule has 26 heavy (non-hydrogen) atoms. The van der Waals surface area contributed by atoms with Crippen molar-refractivity contribution in [1.82, 2.24) is 4.90 Å². The van der Waals surface area contributed by atoms with E-state index in [1.807, 2.05) is 44.2 Å². The van der Waals surface area contributed by atoms with Crippen LogP contribution in [-0.4, -0.2) is 38.2 Å². The molecule has 0 bridgehead atoms. The highest BCUT2D eigenvalue weighted by molar-refractivity contribution is 6.32. The summed E-state index contributed by atoms with van der Waals surface area (Å²) in [6, 6.07) is 11.1. The molecule has 0 fully saturated rings. The first-order chi connectivity index (χ1) is 12.5. The standard InChI is InChI=1S/C20H24ClNO4/c1-5-22(12-15-7-9-17(24-3)19(11-15)25-4)20(23)13-26-18-10-14(2)6-8-16(18)21/h6-11H,5,12-13H2,1-4H3. The Hall–Kier alpha value is -2.40. The summed E-state index contributed by atoms with van der Waals surface area (Å²) in [5.74, 6) is 1.70. The quantitative estimate of drug-likeness (QED) is 0.695. The van der Waals surface area contributed by atoms with Crippen LogP contribution in [0, 0.1) is 6.92 Å². The molecule has 0 aliphatic carbocycles. The highest BCUT2D eigenvalue weighted by atomic mass is 35.5. The van der Waals surface area contributed by atoms with Gasteiger partial charge in [0.1, 0.15) is 5.75 Å². The smallest absolute Gasteiger partial charge is 0.260 e. The average molecular weight is 378 g/mol. The number of aryl methyl sites for hydroxylation is 1. The first-order valence-corrected chi connectivity index (χ1v) is 8.73. The molecule has 2 rings (SSSR count). The van der Waals surface area contributed by atoms with Crippen LogP contribution in [0.2, 0.25) is 5.02 Å². The van der Waals surface area contributed by atoms with E-state index in [1.54, 1.807) is 25.2 Å². The minimum atomic E-state index is -0.111. The van der Waals surface area contributed by atoms with Crippen molar-refractivity contribution in [1.29, 1.82) is 0 Å². The summed E-state index contributed by atoms with van der Waals surface area (Å²) in [6.07, 6.45) is 0. The van der Waals surface area contributed by atoms with Crippen LogP contribution in [0.25, 0.3) is 0 Å². The van der Waals surface area contributed by atoms with Crippen molar-refractivity contribution < 1.29 is 19.0 Å². The lowest BCUT2D eigenvalue weighted by atomic mass is 10.2. The molecule has 0 aliphatic rings. The summed E-state index contributed by atoms with van der Waals surface area (Å²) in [7, 11) is 3.18. The van der Waals surface area contributed by atoms with Crippen LogP contribution in [0.1, 0.15) is 18.1 Å². The number of benzene rings is 2. The Bertz CT molecular complexity index is 763. The van der Waals surface area contributed by atoms with E-state index in [9.17, 15) is 4.79 Å². The maximum Gasteiger partial charge on any atom is 0.260 e. The summed E-state index contributed by atoms with van der Waals surface area (Å²) in [6.45, 7) is 4.84. The Kier molecular flexibility index (Phi) is 7.16. The number of carbonyl (C=O) groups is 1. The Morgan fingerprint density at radius 1 is 1.04 bits per heavy atom. The van der Waals surface area contributed by atoms with E-state index in [0.29, 0.717) is 35.4 Å². The molecule has 0 heterocycles. The number of methoxy groups -OCH3 is 2. The fourth-order valence-corrected chi connectivity index (χ4v) is 2.70. The number of likely N-dealkylation sites (N-methyl/N-ethyl adjacent to an activating group) is 1. The topological polar surface area (TPSA) is 48.0 Å². The molecule has 0 unspecified atom stereocenters. The molecule has 0 saturated heterocycles. The van der Waals surface area contributed by atoms with E-state index in [4.69, 9.17) is 25.8 Å². The van der Waals surface area contributed by atoms with E-state index in [0.717, 1.165) is 11.1 Å². The zero-order chi connectivity index (χ0) is 19.1. The Labute approximate surface area is 159 Å². The number of ether oxygens (including phenoxy) is 3. The second-order valence-electron chi connectivity index (χ2n) is 5.82. The normalized spacial score (nSPS) is 10.3. The highest BCUT2D eigenvalue weighted by Crippen LogP contribution is 2.28. The minimum absolute atomic E-state index is 0.0652. The van der Waals surface area contributed by atoms with Gasteiger partial charge in [0.25, 0.3) is 5.91 Å². The molecule has 140 valence electrons. The molecule has 6 heteroatoms. The summed E-state index contributed by atoms with van der Waals surface area (Å²) in [5, 5.41) is 0.492. The van der Waals surface area contributed by atoms with Gasteiger partial charge in [-0.05, 0) is 49.2 Å². The molecule has 0 aliphatic heterocycles. The zero-order valence-electron chi connectivity index (χ0n) is 15.5. The average Bonchev–Trinajstić information content (AvgIpc) is 2.66. The van der Waals surface area contributed by atoms with Gasteiger partial charge in [0.15, 0.2) is 18.1 Å². The third-order valence-electron chi connectivity index (χ3n) is 3.99. The first-order valence-electron chi connectivity index (χ1n) is 8.36. The lowest BCUT2D eigenvalue weighted by molar-refractivity contribution is -0.133. The molecule has 1 amide bonds. The van der Waals surface area contributed by atoms with Crippen LogP contribution in [-0.2, 0) is 11.3 Å². The van der Waals surface area contributed by atoms with Gasteiger partial charge in [-0.1, -0.05) is 23.7 Å². The summed E-state index contributed by atoms with van der Waals surface area (Å²) < 4.78 is 16.2. The van der Waals surface area contributed by atoms with Gasteiger partial charge in [0, 0.05) is 13.1 Å². The molecule has 2 aromatic carbocycles. The van der Waals surface area contributed by atoms with Crippen LogP contribution < -0.4 is 14.2 Å². The maximum atomic E-state index is 12.5. The molecular formula is C20H24ClNO4. The predicted molar refractivity (Wildman–Crippen MR) is 102 cm³/mol. The number of rotatable bonds is 8. The van der Waals surface area contributed by atoms with Crippen molar-refractivity contribution in [2.45, 2.75) is 20.4 Å². The number of nitrogens with zero attached hydrogens (tertiary/aromatic N) is 1. The van der Waals surface area contributed by atoms with Gasteiger partial charge in [0.05, 0.1) is 19.2 Å². The van der Waals surface area contributed by atoms with E-state index in [2.05, 4.69) is 0 Å². The number of amides is 1. The van der Waals surface area contributed by atoms with E-state index >= 15 is 0 Å². The van der Waals surface area contributed by atoms with Crippen LogP contribution in [0.15, 0.2) is 36.4 Å². The molecule has 0 N–H and O–H groups in total. The highest BCUT2D eigenvalue weighted by Gasteiger charge is 2.15. The maximum absolute atomic E-state index is 12.5. The molecule has 0 atom stereocenters. The summed E-state index contributed by atoms with van der Waals surface area (Å²) in [4.78, 5) is 14.2. The Morgan fingerprint density at radius 3 is 2.42 bits per heavy atom. The van der Waals surface area contributed by atoms with Crippen LogP contribution in [0.4, 0.5) is 0 Å². The van der Waals surface area contributed by atoms with Crippen LogP contribution >= 0.6 is 11.6 Å². The lowest BCUT2D eigenvalue weighted by Gasteiger charge is -2.22. The molecule has 0 saturated carbocycles. The number of carbonyl (C=O) groups excluding carboxylic acids is 1. The minimum Gasteiger partial charge on any atom is -0.493 e. The van der Waals surface area contributed by atoms with Gasteiger partial charge in [-0.3, -0.25) is 4.79 Å². The fraction of sp³-hybridized carbons (Fsp3) is 0.350. The molecule has 0 aromatic heterocycles. The lowest BCUT2D eigenvalue weighted by Crippen LogP contribution is -2.34. The second kappa shape index (κ2) is 9.34. The third kappa shape index (κ3) is 5.05. The Balaban J connectivity index is 2.03. The Morgan fingerprint density at radius 2 is 1.77 bits per heavy atom. The van der Waals surface area contributed by atoms with Gasteiger partial charge >= 0.3 is 0 Å². The van der Waals surface area contributed by atoms with Crippen molar-refractivity contribution >= 4 is 17.5 Å². The van der Waals surface area contributed by atoms with E-state index in [1.165, 1.54) is 0 Å². The van der Waals surface area contributed by atoms with Crippen molar-refractivity contribution in [3.63, 3.8) is 0 Å². The third-order valence-corrected chi connectivity index (χ3v) is 4.31. The predicted octanol–water partition coefficient (Wildman–Crippen LogP) is 4.09. The molecule has 0 spiro atoms. The van der Waals surface area contributed by atoms with Crippen LogP contribution in [0.5, 0.6) is 17.2 Å². The number of hydrogen-bond acceptors (Lipinski definition) is 4. The zero-order valence-corrected chi connectivity index (χ0v) is 16.3. The van der Waals surface area contributed by atoms with Gasteiger partial charge in [0.2, 0.25) is 0 Å². The summed E-state index contributed by atoms with van der Waals surface area (Å²) in [5.41, 5.74) is 1.97. The molecular weight excluding hydrogens is 354 g/mol. The van der Waals surface area contributed by atoms with Gasteiger partial charge in [-0.2, -0.15) is 0 Å². The van der Waals surface area contributed by atoms with Crippen LogP contribution in [0.3, 0.4) is 0 Å². The van der Waals surface area contributed by atoms with Crippen molar-refractivity contribution in [2.75, 3.05) is 27.4 Å². The summed E-state index contributed by atoms with van der Waals surface area (Å²) >= 11 is 6.11. The van der Waals surface area contributed by atoms with Gasteiger partial charge in [-0.15, -0.1) is 0 Å². The first kappa shape index (κ1) is 19.9. The van der Waals surface area contributed by atoms with E-state index in [-0.39, 0.29) is 12.5 Å². The monoisotopic (exact) mass is 377 g/mol. The van der Waals surface area contributed by atoms with Gasteiger partial charge < -0.3 is 19.1 Å². The number of hydrogen-bond donors (Lipinski definition) is 0. The molecule has 5 nitrogen and oxygen atoms in total. The molecule has 0 radical (unpaired) electrons. The fourth-order valence-electron chi connectivity index (χ4n) is 2.53. The largest absolute Gasteiger partial charge is 0.493 e. The van der Waals surface area contributed by atoms with Gasteiger partial charge in [-0.25, -0.2) is 0 Å². The van der Waals surface area contributed by atoms with Crippen molar-refractivity contribution in [3.05, 3.63) is 52.5 Å². The number of halogens is 1. The van der Waals surface area contributed by atoms with Crippen molar-refractivity contribution in [2.24, 2.45) is 0 Å². The second-order valence-corrected chi connectivity index (χ2v) is 6.23. The van der Waals surface area contributed by atoms with E-state index < -0.39 is 0 Å². The molecule has 2 aromatic rings. The SMILES string of the molecule is CCN(Cc1ccc(OC)c(OC)c1)C(=O)COc1cc(C)ccc1Cl.